The maximum Gasteiger partial charge on any atom is 0.255 e. The number of likely N-dealkylation sites (tertiary alicyclic amines) is 1. The molecule has 0 aromatic carbocycles. The van der Waals surface area contributed by atoms with Gasteiger partial charge in [-0.3, -0.25) is 9.78 Å². The highest BCUT2D eigenvalue weighted by Crippen LogP contribution is 2.18. The summed E-state index contributed by atoms with van der Waals surface area (Å²) in [6, 6.07) is 3.38. The highest BCUT2D eigenvalue weighted by Gasteiger charge is 2.32. The largest absolute Gasteiger partial charge is 0.337 e. The van der Waals surface area contributed by atoms with Gasteiger partial charge in [-0.2, -0.15) is 0 Å². The fourth-order valence-corrected chi connectivity index (χ4v) is 2.92. The molecule has 5 nitrogen and oxygen atoms in total. The minimum Gasteiger partial charge on any atom is -0.337 e. The van der Waals surface area contributed by atoms with Crippen molar-refractivity contribution < 1.29 is 13.2 Å². The van der Waals surface area contributed by atoms with Crippen molar-refractivity contribution in [3.05, 3.63) is 30.1 Å². The van der Waals surface area contributed by atoms with Crippen molar-refractivity contribution in [1.29, 1.82) is 0 Å². The van der Waals surface area contributed by atoms with Gasteiger partial charge in [0.2, 0.25) is 0 Å². The van der Waals surface area contributed by atoms with E-state index in [9.17, 15) is 13.2 Å². The van der Waals surface area contributed by atoms with Crippen molar-refractivity contribution in [2.45, 2.75) is 11.7 Å². The van der Waals surface area contributed by atoms with Crippen molar-refractivity contribution >= 4 is 15.7 Å². The van der Waals surface area contributed by atoms with Crippen LogP contribution in [0.1, 0.15) is 16.8 Å². The number of carbonyl (C=O) groups excluding carboxylic acids is 1. The number of hydrogen-bond acceptors (Lipinski definition) is 4. The maximum absolute atomic E-state index is 12.0. The van der Waals surface area contributed by atoms with E-state index in [1.165, 1.54) is 12.5 Å². The highest BCUT2D eigenvalue weighted by molar-refractivity contribution is 7.91. The molecule has 1 saturated heterocycles. The first kappa shape index (κ1) is 12.0. The number of pyridine rings is 1. The Kier molecular flexibility index (Phi) is 3.15. The maximum atomic E-state index is 12.0. The molecule has 17 heavy (non-hydrogen) atoms. The van der Waals surface area contributed by atoms with Crippen LogP contribution in [0.4, 0.5) is 0 Å². The van der Waals surface area contributed by atoms with Gasteiger partial charge in [-0.1, -0.05) is 0 Å². The van der Waals surface area contributed by atoms with Crippen molar-refractivity contribution in [1.82, 2.24) is 9.88 Å². The average Bonchev–Trinajstić information content (AvgIpc) is 2.78. The van der Waals surface area contributed by atoms with Crippen LogP contribution >= 0.6 is 0 Å². The number of sulfone groups is 1. The first-order valence-corrected chi connectivity index (χ1v) is 7.32. The van der Waals surface area contributed by atoms with E-state index in [2.05, 4.69) is 4.98 Å². The molecular formula is C11H14N2O3S. The van der Waals surface area contributed by atoms with Crippen LogP contribution in [0.25, 0.3) is 0 Å². The molecule has 1 atom stereocenters. The first-order chi connectivity index (χ1) is 7.98. The molecule has 2 rings (SSSR count). The Morgan fingerprint density at radius 1 is 1.53 bits per heavy atom. The third-order valence-electron chi connectivity index (χ3n) is 2.95. The number of nitrogens with zero attached hydrogens (tertiary/aromatic N) is 2. The van der Waals surface area contributed by atoms with Crippen LogP contribution in [0, 0.1) is 0 Å². The second-order valence-corrected chi connectivity index (χ2v) is 6.56. The number of amides is 1. The molecule has 1 fully saturated rings. The van der Waals surface area contributed by atoms with E-state index in [1.807, 2.05) is 0 Å². The third-order valence-corrected chi connectivity index (χ3v) is 4.54. The van der Waals surface area contributed by atoms with Crippen LogP contribution < -0.4 is 0 Å². The normalized spacial score (nSPS) is 20.5. The predicted octanol–water partition coefficient (Wildman–Crippen LogP) is 0.341. The number of aromatic nitrogens is 1. The lowest BCUT2D eigenvalue weighted by molar-refractivity contribution is 0.0793. The van der Waals surface area contributed by atoms with Gasteiger partial charge in [0.1, 0.15) is 0 Å². The minimum atomic E-state index is -3.06. The lowest BCUT2D eigenvalue weighted by Gasteiger charge is -2.15. The number of rotatable bonds is 2. The van der Waals surface area contributed by atoms with Crippen molar-refractivity contribution in [2.24, 2.45) is 0 Å². The quantitative estimate of drug-likeness (QED) is 0.763. The monoisotopic (exact) mass is 254 g/mol. The molecule has 1 aliphatic heterocycles. The number of carbonyl (C=O) groups is 1. The standard InChI is InChI=1S/C11H14N2O3S/c1-17(15,16)10-4-6-13(8-10)11(14)9-3-2-5-12-7-9/h2-3,5,7,10H,4,6,8H2,1H3. The average molecular weight is 254 g/mol. The van der Waals surface area contributed by atoms with E-state index >= 15 is 0 Å². The zero-order valence-electron chi connectivity index (χ0n) is 9.54. The summed E-state index contributed by atoms with van der Waals surface area (Å²) in [7, 11) is -3.06. The summed E-state index contributed by atoms with van der Waals surface area (Å²) in [5, 5.41) is -0.428. The number of hydrogen-bond donors (Lipinski definition) is 0. The zero-order valence-corrected chi connectivity index (χ0v) is 10.4. The van der Waals surface area contributed by atoms with Gasteiger partial charge >= 0.3 is 0 Å². The van der Waals surface area contributed by atoms with Crippen LogP contribution in [-0.4, -0.2) is 48.8 Å². The lowest BCUT2D eigenvalue weighted by atomic mass is 10.2. The second-order valence-electron chi connectivity index (χ2n) is 4.23. The van der Waals surface area contributed by atoms with Gasteiger partial charge in [-0.05, 0) is 18.6 Å². The predicted molar refractivity (Wildman–Crippen MR) is 63.4 cm³/mol. The molecule has 1 unspecified atom stereocenters. The van der Waals surface area contributed by atoms with Crippen LogP contribution in [0.5, 0.6) is 0 Å². The molecule has 0 radical (unpaired) electrons. The molecule has 1 aromatic rings. The Balaban J connectivity index is 2.10. The van der Waals surface area contributed by atoms with E-state index in [-0.39, 0.29) is 12.5 Å². The summed E-state index contributed by atoms with van der Waals surface area (Å²) in [5.74, 6) is -0.149. The highest BCUT2D eigenvalue weighted by atomic mass is 32.2. The third kappa shape index (κ3) is 2.63. The van der Waals surface area contributed by atoms with E-state index in [1.54, 1.807) is 23.2 Å². The SMILES string of the molecule is CS(=O)(=O)C1CCN(C(=O)c2cccnc2)C1. The molecule has 2 heterocycles. The summed E-state index contributed by atoms with van der Waals surface area (Å²) in [6.45, 7) is 0.776. The van der Waals surface area contributed by atoms with Crippen molar-refractivity contribution in [2.75, 3.05) is 19.3 Å². The first-order valence-electron chi connectivity index (χ1n) is 5.36. The van der Waals surface area contributed by atoms with Gasteiger partial charge in [0.15, 0.2) is 9.84 Å². The summed E-state index contributed by atoms with van der Waals surface area (Å²) < 4.78 is 22.8. The van der Waals surface area contributed by atoms with Crippen LogP contribution in [0.15, 0.2) is 24.5 Å². The van der Waals surface area contributed by atoms with E-state index in [0.717, 1.165) is 0 Å². The van der Waals surface area contributed by atoms with Gasteiger partial charge < -0.3 is 4.90 Å². The molecule has 1 aliphatic rings. The molecule has 1 amide bonds. The topological polar surface area (TPSA) is 67.3 Å². The summed E-state index contributed by atoms with van der Waals surface area (Å²) in [6.07, 6.45) is 4.83. The van der Waals surface area contributed by atoms with Crippen LogP contribution in [0.3, 0.4) is 0 Å². The molecule has 92 valence electrons. The fourth-order valence-electron chi connectivity index (χ4n) is 1.93. The Hall–Kier alpha value is -1.43. The minimum absolute atomic E-state index is 0.149. The molecule has 1 aromatic heterocycles. The Bertz CT molecular complexity index is 513. The molecular weight excluding hydrogens is 240 g/mol. The van der Waals surface area contributed by atoms with Crippen LogP contribution in [-0.2, 0) is 9.84 Å². The summed E-state index contributed by atoms with van der Waals surface area (Å²) in [4.78, 5) is 17.5. The fraction of sp³-hybridized carbons (Fsp3) is 0.455. The molecule has 0 saturated carbocycles. The van der Waals surface area contributed by atoms with E-state index in [0.29, 0.717) is 18.5 Å². The Morgan fingerprint density at radius 2 is 2.29 bits per heavy atom. The molecule has 0 spiro atoms. The van der Waals surface area contributed by atoms with Gasteiger partial charge in [0.25, 0.3) is 5.91 Å². The zero-order chi connectivity index (χ0) is 12.5. The van der Waals surface area contributed by atoms with Gasteiger partial charge in [-0.25, -0.2) is 8.42 Å². The van der Waals surface area contributed by atoms with E-state index in [4.69, 9.17) is 0 Å². The molecule has 6 heteroatoms. The Labute approximate surface area is 100 Å². The Morgan fingerprint density at radius 3 is 2.82 bits per heavy atom. The smallest absolute Gasteiger partial charge is 0.255 e. The summed E-state index contributed by atoms with van der Waals surface area (Å²) in [5.41, 5.74) is 0.502. The molecule has 0 N–H and O–H groups in total. The van der Waals surface area contributed by atoms with Gasteiger partial charge in [-0.15, -0.1) is 0 Å². The van der Waals surface area contributed by atoms with Crippen LogP contribution in [0.2, 0.25) is 0 Å². The van der Waals surface area contributed by atoms with E-state index < -0.39 is 15.1 Å². The van der Waals surface area contributed by atoms with Gasteiger partial charge in [0.05, 0.1) is 10.8 Å². The summed E-state index contributed by atoms with van der Waals surface area (Å²) >= 11 is 0. The van der Waals surface area contributed by atoms with Crippen molar-refractivity contribution in [3.63, 3.8) is 0 Å². The molecule has 0 bridgehead atoms. The molecule has 0 aliphatic carbocycles. The van der Waals surface area contributed by atoms with Crippen molar-refractivity contribution in [3.8, 4) is 0 Å². The lowest BCUT2D eigenvalue weighted by Crippen LogP contribution is -2.31. The van der Waals surface area contributed by atoms with Gasteiger partial charge in [0, 0.05) is 31.7 Å². The second kappa shape index (κ2) is 4.44.